The number of aliphatic imine (C=N–C) groups is 1. The summed E-state index contributed by atoms with van der Waals surface area (Å²) in [5, 5.41) is 5.45. The lowest BCUT2D eigenvalue weighted by Crippen LogP contribution is -2.40. The van der Waals surface area contributed by atoms with Crippen LogP contribution in [0.5, 0.6) is 0 Å². The molecule has 144 valence electrons. The number of amides is 2. The van der Waals surface area contributed by atoms with Crippen molar-refractivity contribution in [1.29, 1.82) is 0 Å². The van der Waals surface area contributed by atoms with E-state index in [1.54, 1.807) is 0 Å². The average Bonchev–Trinajstić information content (AvgIpc) is 2.68. The fourth-order valence-electron chi connectivity index (χ4n) is 2.70. The molecular formula is C21H28N4O2. The molecule has 4 N–H and O–H groups in total. The molecule has 0 saturated heterocycles. The second-order valence-electron chi connectivity index (χ2n) is 6.04. The molecule has 0 spiro atoms. The van der Waals surface area contributed by atoms with Crippen molar-refractivity contribution in [2.75, 3.05) is 18.5 Å². The molecule has 0 unspecified atom stereocenters. The van der Waals surface area contributed by atoms with Gasteiger partial charge in [-0.15, -0.1) is 0 Å². The Morgan fingerprint density at radius 2 is 1.70 bits per heavy atom. The Kier molecular flexibility index (Phi) is 8.32. The molecule has 2 rings (SSSR count). The maximum Gasteiger partial charge on any atom is 0.326 e. The normalized spacial score (nSPS) is 11.3. The molecule has 0 heterocycles. The van der Waals surface area contributed by atoms with Crippen molar-refractivity contribution in [3.8, 4) is 0 Å². The van der Waals surface area contributed by atoms with Crippen LogP contribution in [0.1, 0.15) is 30.5 Å². The first-order valence-corrected chi connectivity index (χ1v) is 9.24. The van der Waals surface area contributed by atoms with Crippen molar-refractivity contribution < 1.29 is 9.53 Å². The van der Waals surface area contributed by atoms with Gasteiger partial charge in [-0.25, -0.2) is 4.79 Å². The lowest BCUT2D eigenvalue weighted by molar-refractivity contribution is 0.128. The van der Waals surface area contributed by atoms with Gasteiger partial charge in [-0.3, -0.25) is 10.3 Å². The largest absolute Gasteiger partial charge is 0.375 e. The Balaban J connectivity index is 1.79. The summed E-state index contributed by atoms with van der Waals surface area (Å²) in [7, 11) is 0. The number of hydrogen-bond acceptors (Lipinski definition) is 3. The van der Waals surface area contributed by atoms with Gasteiger partial charge in [-0.2, -0.15) is 0 Å². The van der Waals surface area contributed by atoms with E-state index >= 15 is 0 Å². The minimum absolute atomic E-state index is 0.0721. The summed E-state index contributed by atoms with van der Waals surface area (Å²) in [6.07, 6.45) is 1.68. The number of rotatable bonds is 8. The third kappa shape index (κ3) is 6.75. The van der Waals surface area contributed by atoms with Crippen LogP contribution in [0.25, 0.3) is 0 Å². The number of urea groups is 1. The molecule has 0 bridgehead atoms. The summed E-state index contributed by atoms with van der Waals surface area (Å²) in [6, 6.07) is 15.5. The van der Waals surface area contributed by atoms with Crippen molar-refractivity contribution in [3.63, 3.8) is 0 Å². The molecule has 2 amide bonds. The van der Waals surface area contributed by atoms with Gasteiger partial charge >= 0.3 is 6.03 Å². The van der Waals surface area contributed by atoms with Gasteiger partial charge in [0.25, 0.3) is 0 Å². The summed E-state index contributed by atoms with van der Waals surface area (Å²) in [6.45, 7) is 5.45. The number of para-hydroxylation sites is 1. The van der Waals surface area contributed by atoms with Gasteiger partial charge in [0.05, 0.1) is 19.8 Å². The van der Waals surface area contributed by atoms with E-state index in [4.69, 9.17) is 10.5 Å². The highest BCUT2D eigenvalue weighted by Gasteiger charge is 2.10. The first kappa shape index (κ1) is 20.5. The standard InChI is InChI=1S/C21H28N4O2/c1-3-17-11-8-12-18(4-2)19(17)24-21(26)25-20(22)23-13-14-27-15-16-9-6-5-7-10-16/h5-12H,3-4,13-15H2,1-2H3,(H4,22,23,24,25,26). The third-order valence-corrected chi connectivity index (χ3v) is 4.11. The van der Waals surface area contributed by atoms with Crippen LogP contribution in [0.2, 0.25) is 0 Å². The zero-order valence-corrected chi connectivity index (χ0v) is 16.0. The Bertz CT molecular complexity index is 738. The van der Waals surface area contributed by atoms with E-state index in [2.05, 4.69) is 29.5 Å². The Morgan fingerprint density at radius 1 is 1.04 bits per heavy atom. The van der Waals surface area contributed by atoms with Crippen LogP contribution in [0.15, 0.2) is 53.5 Å². The average molecular weight is 368 g/mol. The topological polar surface area (TPSA) is 88.7 Å². The van der Waals surface area contributed by atoms with Crippen molar-refractivity contribution in [2.45, 2.75) is 33.3 Å². The van der Waals surface area contributed by atoms with Gasteiger partial charge in [-0.1, -0.05) is 62.4 Å². The molecule has 6 heteroatoms. The zero-order valence-electron chi connectivity index (χ0n) is 16.0. The molecule has 0 aliphatic rings. The smallest absolute Gasteiger partial charge is 0.326 e. The highest BCUT2D eigenvalue weighted by molar-refractivity contribution is 6.02. The number of carbonyl (C=O) groups is 1. The van der Waals surface area contributed by atoms with Gasteiger partial charge in [0.1, 0.15) is 0 Å². The van der Waals surface area contributed by atoms with Crippen LogP contribution < -0.4 is 16.4 Å². The number of guanidine groups is 1. The molecular weight excluding hydrogens is 340 g/mol. The Morgan fingerprint density at radius 3 is 2.33 bits per heavy atom. The van der Waals surface area contributed by atoms with Crippen LogP contribution >= 0.6 is 0 Å². The second kappa shape index (κ2) is 11.0. The van der Waals surface area contributed by atoms with Crippen LogP contribution in [-0.4, -0.2) is 25.1 Å². The molecule has 0 aliphatic carbocycles. The van der Waals surface area contributed by atoms with Crippen LogP contribution in [0.3, 0.4) is 0 Å². The summed E-state index contributed by atoms with van der Waals surface area (Å²) in [5.41, 5.74) is 9.92. The molecule has 0 fully saturated rings. The van der Waals surface area contributed by atoms with Crippen LogP contribution in [-0.2, 0) is 24.2 Å². The fourth-order valence-corrected chi connectivity index (χ4v) is 2.70. The number of hydrogen-bond donors (Lipinski definition) is 3. The van der Waals surface area contributed by atoms with E-state index in [-0.39, 0.29) is 5.96 Å². The van der Waals surface area contributed by atoms with Crippen molar-refractivity contribution >= 4 is 17.7 Å². The Labute approximate surface area is 160 Å². The number of nitrogens with zero attached hydrogens (tertiary/aromatic N) is 1. The lowest BCUT2D eigenvalue weighted by atomic mass is 10.0. The van der Waals surface area contributed by atoms with E-state index in [1.807, 2.05) is 48.5 Å². The minimum atomic E-state index is -0.392. The van der Waals surface area contributed by atoms with Crippen molar-refractivity contribution in [2.24, 2.45) is 10.7 Å². The maximum absolute atomic E-state index is 12.2. The number of aryl methyl sites for hydroxylation is 2. The zero-order chi connectivity index (χ0) is 19.5. The molecule has 0 saturated carbocycles. The first-order chi connectivity index (χ1) is 13.1. The predicted molar refractivity (Wildman–Crippen MR) is 110 cm³/mol. The molecule has 6 nitrogen and oxygen atoms in total. The third-order valence-electron chi connectivity index (χ3n) is 4.11. The molecule has 0 atom stereocenters. The van der Waals surface area contributed by atoms with Gasteiger partial charge < -0.3 is 15.8 Å². The number of nitrogens with two attached hydrogens (primary N) is 1. The van der Waals surface area contributed by atoms with E-state index in [0.717, 1.165) is 35.2 Å². The Hall–Kier alpha value is -2.86. The van der Waals surface area contributed by atoms with E-state index in [1.165, 1.54) is 0 Å². The minimum Gasteiger partial charge on any atom is -0.375 e. The number of anilines is 1. The predicted octanol–water partition coefficient (Wildman–Crippen LogP) is 3.46. The number of ether oxygens (including phenoxy) is 1. The number of carbonyl (C=O) groups excluding carboxylic acids is 1. The van der Waals surface area contributed by atoms with Crippen LogP contribution in [0.4, 0.5) is 10.5 Å². The van der Waals surface area contributed by atoms with Gasteiger partial charge in [0.15, 0.2) is 5.96 Å². The summed E-state index contributed by atoms with van der Waals surface area (Å²) < 4.78 is 5.54. The van der Waals surface area contributed by atoms with Crippen molar-refractivity contribution in [1.82, 2.24) is 5.32 Å². The fraction of sp³-hybridized carbons (Fsp3) is 0.333. The quantitative estimate of drug-likeness (QED) is 0.379. The summed E-state index contributed by atoms with van der Waals surface area (Å²) >= 11 is 0. The summed E-state index contributed by atoms with van der Waals surface area (Å²) in [4.78, 5) is 16.3. The first-order valence-electron chi connectivity index (χ1n) is 9.24. The van der Waals surface area contributed by atoms with Crippen LogP contribution in [0, 0.1) is 0 Å². The molecule has 0 aliphatic heterocycles. The maximum atomic E-state index is 12.2. The van der Waals surface area contributed by atoms with Gasteiger partial charge in [0, 0.05) is 5.69 Å². The SMILES string of the molecule is CCc1cccc(CC)c1NC(=O)NC(N)=NCCOCc1ccccc1. The number of nitrogens with one attached hydrogen (secondary N) is 2. The number of benzene rings is 2. The second-order valence-corrected chi connectivity index (χ2v) is 6.04. The van der Waals surface area contributed by atoms with Crippen molar-refractivity contribution in [3.05, 3.63) is 65.2 Å². The van der Waals surface area contributed by atoms with Gasteiger partial charge in [0.2, 0.25) is 0 Å². The van der Waals surface area contributed by atoms with Gasteiger partial charge in [-0.05, 0) is 29.5 Å². The van der Waals surface area contributed by atoms with E-state index in [0.29, 0.717) is 19.8 Å². The molecule has 0 aromatic heterocycles. The van der Waals surface area contributed by atoms with E-state index < -0.39 is 6.03 Å². The lowest BCUT2D eigenvalue weighted by Gasteiger charge is -2.14. The molecule has 0 radical (unpaired) electrons. The molecule has 2 aromatic rings. The molecule has 2 aromatic carbocycles. The highest BCUT2D eigenvalue weighted by atomic mass is 16.5. The summed E-state index contributed by atoms with van der Waals surface area (Å²) in [5.74, 6) is 0.0721. The monoisotopic (exact) mass is 368 g/mol. The molecule has 27 heavy (non-hydrogen) atoms. The highest BCUT2D eigenvalue weighted by Crippen LogP contribution is 2.22. The van der Waals surface area contributed by atoms with E-state index in [9.17, 15) is 4.79 Å².